The quantitative estimate of drug-likeness (QED) is 0.708. The Kier molecular flexibility index (Phi) is 3.71. The lowest BCUT2D eigenvalue weighted by molar-refractivity contribution is 0.404. The maximum Gasteiger partial charge on any atom is 0.128 e. The zero-order valence-electron chi connectivity index (χ0n) is 11.1. The summed E-state index contributed by atoms with van der Waals surface area (Å²) < 4.78 is 10.7. The smallest absolute Gasteiger partial charge is 0.128 e. The van der Waals surface area contributed by atoms with Crippen molar-refractivity contribution >= 4 is 22.7 Å². The Balaban J connectivity index is 2.04. The zero-order chi connectivity index (χ0) is 13.9. The van der Waals surface area contributed by atoms with E-state index in [1.807, 2.05) is 23.6 Å². The summed E-state index contributed by atoms with van der Waals surface area (Å²) in [7, 11) is 3.32. The topological polar surface area (TPSA) is 31.4 Å². The summed E-state index contributed by atoms with van der Waals surface area (Å²) in [5.41, 5.74) is 3.02. The molecule has 0 spiro atoms. The molecule has 0 aliphatic rings. The SMILES string of the molecule is COc1ccc(OC)c(-c2csc(-c3ccsc3)n2)c1. The van der Waals surface area contributed by atoms with E-state index in [1.54, 1.807) is 36.9 Å². The van der Waals surface area contributed by atoms with Crippen LogP contribution in [-0.2, 0) is 0 Å². The van der Waals surface area contributed by atoms with Gasteiger partial charge in [-0.15, -0.1) is 11.3 Å². The Bertz CT molecular complexity index is 704. The second-order valence-electron chi connectivity index (χ2n) is 4.12. The molecule has 3 rings (SSSR count). The van der Waals surface area contributed by atoms with Crippen molar-refractivity contribution in [2.75, 3.05) is 14.2 Å². The number of aromatic nitrogens is 1. The highest BCUT2D eigenvalue weighted by Crippen LogP contribution is 2.36. The Labute approximate surface area is 125 Å². The van der Waals surface area contributed by atoms with Gasteiger partial charge in [-0.05, 0) is 29.6 Å². The summed E-state index contributed by atoms with van der Waals surface area (Å²) in [4.78, 5) is 4.70. The molecule has 0 N–H and O–H groups in total. The van der Waals surface area contributed by atoms with E-state index in [-0.39, 0.29) is 0 Å². The molecule has 0 unspecified atom stereocenters. The van der Waals surface area contributed by atoms with Gasteiger partial charge in [0.25, 0.3) is 0 Å². The van der Waals surface area contributed by atoms with Crippen LogP contribution in [0.3, 0.4) is 0 Å². The highest BCUT2D eigenvalue weighted by atomic mass is 32.1. The molecule has 1 aromatic carbocycles. The molecule has 0 saturated heterocycles. The minimum atomic E-state index is 0.797. The van der Waals surface area contributed by atoms with E-state index in [4.69, 9.17) is 14.5 Å². The molecule has 2 aromatic heterocycles. The Morgan fingerprint density at radius 1 is 1.05 bits per heavy atom. The summed E-state index contributed by atoms with van der Waals surface area (Å²) >= 11 is 3.31. The first kappa shape index (κ1) is 13.1. The van der Waals surface area contributed by atoms with Gasteiger partial charge in [0.15, 0.2) is 0 Å². The van der Waals surface area contributed by atoms with E-state index in [1.165, 1.54) is 0 Å². The number of hydrogen-bond donors (Lipinski definition) is 0. The molecule has 3 aromatic rings. The van der Waals surface area contributed by atoms with E-state index in [9.17, 15) is 0 Å². The fourth-order valence-electron chi connectivity index (χ4n) is 1.93. The predicted molar refractivity (Wildman–Crippen MR) is 84.0 cm³/mol. The second-order valence-corrected chi connectivity index (χ2v) is 5.75. The van der Waals surface area contributed by atoms with Crippen LogP contribution in [0, 0.1) is 0 Å². The van der Waals surface area contributed by atoms with Gasteiger partial charge in [-0.1, -0.05) is 0 Å². The van der Waals surface area contributed by atoms with Crippen LogP contribution in [0.2, 0.25) is 0 Å². The number of thiophene rings is 1. The van der Waals surface area contributed by atoms with Crippen molar-refractivity contribution in [2.45, 2.75) is 0 Å². The third kappa shape index (κ3) is 2.42. The number of hydrogen-bond acceptors (Lipinski definition) is 5. The molecule has 0 atom stereocenters. The number of ether oxygens (including phenoxy) is 2. The normalized spacial score (nSPS) is 10.5. The van der Waals surface area contributed by atoms with Crippen molar-refractivity contribution in [2.24, 2.45) is 0 Å². The van der Waals surface area contributed by atoms with Gasteiger partial charge in [0.05, 0.1) is 19.9 Å². The number of thiazole rings is 1. The van der Waals surface area contributed by atoms with Crippen LogP contribution in [0.25, 0.3) is 21.8 Å². The summed E-state index contributed by atoms with van der Waals surface area (Å²) in [6, 6.07) is 7.81. The van der Waals surface area contributed by atoms with Crippen LogP contribution in [0.5, 0.6) is 11.5 Å². The predicted octanol–water partition coefficient (Wildman–Crippen LogP) is 4.56. The van der Waals surface area contributed by atoms with Gasteiger partial charge in [-0.25, -0.2) is 4.98 Å². The Morgan fingerprint density at radius 3 is 2.65 bits per heavy atom. The summed E-state index contributed by atoms with van der Waals surface area (Å²) in [5, 5.41) is 7.23. The Hall–Kier alpha value is -1.85. The molecular weight excluding hydrogens is 290 g/mol. The van der Waals surface area contributed by atoms with Crippen LogP contribution < -0.4 is 9.47 Å². The second kappa shape index (κ2) is 5.64. The van der Waals surface area contributed by atoms with Gasteiger partial charge in [0.1, 0.15) is 16.5 Å². The van der Waals surface area contributed by atoms with E-state index in [0.29, 0.717) is 0 Å². The molecule has 5 heteroatoms. The first-order valence-electron chi connectivity index (χ1n) is 6.02. The fourth-order valence-corrected chi connectivity index (χ4v) is 3.46. The van der Waals surface area contributed by atoms with Crippen molar-refractivity contribution in [1.82, 2.24) is 4.98 Å². The maximum absolute atomic E-state index is 5.41. The monoisotopic (exact) mass is 303 g/mol. The molecule has 0 aliphatic heterocycles. The van der Waals surface area contributed by atoms with Gasteiger partial charge < -0.3 is 9.47 Å². The van der Waals surface area contributed by atoms with Crippen molar-refractivity contribution in [3.8, 4) is 33.3 Å². The van der Waals surface area contributed by atoms with Gasteiger partial charge in [0.2, 0.25) is 0 Å². The summed E-state index contributed by atoms with van der Waals surface area (Å²) in [5.74, 6) is 1.60. The van der Waals surface area contributed by atoms with Crippen LogP contribution in [-0.4, -0.2) is 19.2 Å². The number of methoxy groups -OCH3 is 2. The lowest BCUT2D eigenvalue weighted by Gasteiger charge is -2.08. The molecule has 0 amide bonds. The van der Waals surface area contributed by atoms with E-state index < -0.39 is 0 Å². The van der Waals surface area contributed by atoms with Gasteiger partial charge in [-0.2, -0.15) is 11.3 Å². The van der Waals surface area contributed by atoms with Crippen molar-refractivity contribution in [1.29, 1.82) is 0 Å². The summed E-state index contributed by atoms with van der Waals surface area (Å²) in [6.07, 6.45) is 0. The van der Waals surface area contributed by atoms with Crippen molar-refractivity contribution < 1.29 is 9.47 Å². The average Bonchev–Trinajstić information content (AvgIpc) is 3.17. The molecular formula is C15H13NO2S2. The highest BCUT2D eigenvalue weighted by Gasteiger charge is 2.12. The zero-order valence-corrected chi connectivity index (χ0v) is 12.8. The lowest BCUT2D eigenvalue weighted by Crippen LogP contribution is -1.90. The van der Waals surface area contributed by atoms with Gasteiger partial charge >= 0.3 is 0 Å². The standard InChI is InChI=1S/C15H13NO2S2/c1-17-11-3-4-14(18-2)12(7-11)13-9-20-15(16-13)10-5-6-19-8-10/h3-9H,1-2H3. The Morgan fingerprint density at radius 2 is 1.95 bits per heavy atom. The number of rotatable bonds is 4. The fraction of sp³-hybridized carbons (Fsp3) is 0.133. The molecule has 0 fully saturated rings. The maximum atomic E-state index is 5.41. The minimum absolute atomic E-state index is 0.797. The third-order valence-electron chi connectivity index (χ3n) is 2.95. The number of benzene rings is 1. The highest BCUT2D eigenvalue weighted by molar-refractivity contribution is 7.14. The molecule has 0 aliphatic carbocycles. The van der Waals surface area contributed by atoms with Gasteiger partial charge in [0, 0.05) is 21.9 Å². The largest absolute Gasteiger partial charge is 0.497 e. The molecule has 3 nitrogen and oxygen atoms in total. The molecule has 20 heavy (non-hydrogen) atoms. The van der Waals surface area contributed by atoms with E-state index in [2.05, 4.69) is 16.8 Å². The first-order valence-corrected chi connectivity index (χ1v) is 7.84. The minimum Gasteiger partial charge on any atom is -0.497 e. The average molecular weight is 303 g/mol. The molecule has 0 bridgehead atoms. The van der Waals surface area contributed by atoms with E-state index in [0.717, 1.165) is 33.3 Å². The van der Waals surface area contributed by atoms with Crippen LogP contribution in [0.1, 0.15) is 0 Å². The third-order valence-corrected chi connectivity index (χ3v) is 4.53. The van der Waals surface area contributed by atoms with Crippen molar-refractivity contribution in [3.63, 3.8) is 0 Å². The first-order chi connectivity index (χ1) is 9.81. The molecule has 0 saturated carbocycles. The number of nitrogens with zero attached hydrogens (tertiary/aromatic N) is 1. The molecule has 0 radical (unpaired) electrons. The molecule has 2 heterocycles. The van der Waals surface area contributed by atoms with E-state index >= 15 is 0 Å². The van der Waals surface area contributed by atoms with Gasteiger partial charge in [-0.3, -0.25) is 0 Å². The molecule has 102 valence electrons. The van der Waals surface area contributed by atoms with Crippen LogP contribution >= 0.6 is 22.7 Å². The summed E-state index contributed by atoms with van der Waals surface area (Å²) in [6.45, 7) is 0. The lowest BCUT2D eigenvalue weighted by atomic mass is 10.1. The van der Waals surface area contributed by atoms with Crippen LogP contribution in [0.4, 0.5) is 0 Å². The van der Waals surface area contributed by atoms with Crippen LogP contribution in [0.15, 0.2) is 40.4 Å². The van der Waals surface area contributed by atoms with Crippen molar-refractivity contribution in [3.05, 3.63) is 40.4 Å².